The minimum Gasteiger partial charge on any atom is -0.356 e. The van der Waals surface area contributed by atoms with Gasteiger partial charge in [0, 0.05) is 32.1 Å². The molecule has 3 fully saturated rings. The molecule has 0 radical (unpaired) electrons. The fourth-order valence-corrected chi connectivity index (χ4v) is 5.40. The molecule has 0 spiro atoms. The summed E-state index contributed by atoms with van der Waals surface area (Å²) in [5.74, 6) is 3.46. The zero-order chi connectivity index (χ0) is 20.8. The van der Waals surface area contributed by atoms with E-state index in [-0.39, 0.29) is 5.92 Å². The molecule has 3 aliphatic rings. The van der Waals surface area contributed by atoms with Crippen molar-refractivity contribution in [2.75, 3.05) is 31.1 Å². The van der Waals surface area contributed by atoms with Gasteiger partial charge < -0.3 is 14.8 Å². The number of rotatable bonds is 4. The van der Waals surface area contributed by atoms with Crippen LogP contribution in [0.5, 0.6) is 0 Å². The van der Waals surface area contributed by atoms with Crippen LogP contribution in [0.4, 0.5) is 5.82 Å². The first-order chi connectivity index (χ1) is 15.3. The van der Waals surface area contributed by atoms with E-state index >= 15 is 0 Å². The second-order valence-electron chi connectivity index (χ2n) is 9.34. The number of pyridine rings is 1. The molecule has 0 unspecified atom stereocenters. The average Bonchev–Trinajstić information content (AvgIpc) is 3.22. The smallest absolute Gasteiger partial charge is 0.227 e. The van der Waals surface area contributed by atoms with Crippen LogP contribution in [0.3, 0.4) is 0 Å². The molecule has 6 rings (SSSR count). The van der Waals surface area contributed by atoms with E-state index in [1.807, 2.05) is 0 Å². The van der Waals surface area contributed by atoms with Crippen LogP contribution in [0.2, 0.25) is 0 Å². The monoisotopic (exact) mass is 415 g/mol. The predicted octanol–water partition coefficient (Wildman–Crippen LogP) is 4.07. The molecule has 0 bridgehead atoms. The van der Waals surface area contributed by atoms with Crippen molar-refractivity contribution in [3.8, 4) is 0 Å². The summed E-state index contributed by atoms with van der Waals surface area (Å²) in [7, 11) is 0. The van der Waals surface area contributed by atoms with Crippen molar-refractivity contribution in [1.29, 1.82) is 0 Å². The normalized spacial score (nSPS) is 25.9. The molecule has 1 aliphatic carbocycles. The maximum atomic E-state index is 12.9. The zero-order valence-corrected chi connectivity index (χ0v) is 17.8. The Hall–Kier alpha value is -2.89. The van der Waals surface area contributed by atoms with Gasteiger partial charge in [-0.3, -0.25) is 4.79 Å². The van der Waals surface area contributed by atoms with Crippen LogP contribution >= 0.6 is 0 Å². The van der Waals surface area contributed by atoms with E-state index in [0.29, 0.717) is 17.7 Å². The van der Waals surface area contributed by atoms with Crippen molar-refractivity contribution in [2.24, 2.45) is 5.92 Å². The number of aromatic amines is 1. The number of nitrogens with one attached hydrogen (secondary N) is 1. The minimum absolute atomic E-state index is 0.0970. The molecule has 1 N–H and O–H groups in total. The second kappa shape index (κ2) is 7.66. The highest BCUT2D eigenvalue weighted by molar-refractivity contribution is 5.80. The van der Waals surface area contributed by atoms with Crippen molar-refractivity contribution in [3.63, 3.8) is 0 Å². The van der Waals surface area contributed by atoms with Crippen LogP contribution in [-0.2, 0) is 4.79 Å². The fourth-order valence-electron chi connectivity index (χ4n) is 5.40. The van der Waals surface area contributed by atoms with Crippen LogP contribution in [0, 0.1) is 5.92 Å². The van der Waals surface area contributed by atoms with Gasteiger partial charge in [0.15, 0.2) is 5.65 Å². The number of aromatic nitrogens is 3. The first kappa shape index (κ1) is 18.8. The first-order valence-electron chi connectivity index (χ1n) is 11.7. The Labute approximate surface area is 182 Å². The molecule has 1 amide bonds. The molecule has 2 aliphatic heterocycles. The van der Waals surface area contributed by atoms with E-state index in [1.165, 1.54) is 5.56 Å². The summed E-state index contributed by atoms with van der Waals surface area (Å²) in [6.07, 6.45) is 5.47. The number of amides is 1. The molecule has 1 saturated carbocycles. The lowest BCUT2D eigenvalue weighted by molar-refractivity contribution is -0.134. The van der Waals surface area contributed by atoms with Gasteiger partial charge >= 0.3 is 0 Å². The van der Waals surface area contributed by atoms with E-state index in [4.69, 9.17) is 9.97 Å². The largest absolute Gasteiger partial charge is 0.356 e. The Morgan fingerprint density at radius 1 is 0.935 bits per heavy atom. The van der Waals surface area contributed by atoms with Gasteiger partial charge in [-0.25, -0.2) is 9.97 Å². The number of piperidine rings is 1. The summed E-state index contributed by atoms with van der Waals surface area (Å²) in [6, 6.07) is 14.8. The Morgan fingerprint density at radius 2 is 1.77 bits per heavy atom. The molecule has 1 aromatic carbocycles. The maximum Gasteiger partial charge on any atom is 0.227 e. The molecular weight excluding hydrogens is 386 g/mol. The van der Waals surface area contributed by atoms with Crippen LogP contribution in [0.15, 0.2) is 42.5 Å². The standard InChI is InChI=1S/C25H29N5O/c31-25(29-12-4-5-13-29)18-9-6-14-30(16-18)22-11-10-21-24(27-22)28-23(26-21)20-15-19(20)17-7-2-1-3-8-17/h1-3,7-8,10-11,18-20H,4-6,9,12-16H2,(H,26,27,28)/t18-,19+,20+/m1/s1. The SMILES string of the molecule is O=C([C@@H]1CCCN(c2ccc3nc([C@H]4C[C@H]4c4ccccc4)[nH]c3n2)C1)N1CCCC1. The molecule has 4 heterocycles. The number of imidazole rings is 1. The number of carbonyl (C=O) groups excluding carboxylic acids is 1. The number of fused-ring (bicyclic) bond motifs is 1. The number of hydrogen-bond donors (Lipinski definition) is 1. The topological polar surface area (TPSA) is 65.1 Å². The Bertz CT molecular complexity index is 1090. The molecule has 3 atom stereocenters. The molecule has 6 nitrogen and oxygen atoms in total. The van der Waals surface area contributed by atoms with Crippen molar-refractivity contribution in [3.05, 3.63) is 53.9 Å². The fraction of sp³-hybridized carbons (Fsp3) is 0.480. The number of benzene rings is 1. The van der Waals surface area contributed by atoms with Crippen LogP contribution in [-0.4, -0.2) is 51.9 Å². The number of carbonyl (C=O) groups is 1. The van der Waals surface area contributed by atoms with E-state index in [2.05, 4.69) is 57.2 Å². The van der Waals surface area contributed by atoms with Crippen molar-refractivity contribution >= 4 is 22.9 Å². The van der Waals surface area contributed by atoms with Gasteiger partial charge in [-0.2, -0.15) is 0 Å². The van der Waals surface area contributed by atoms with Crippen LogP contribution in [0.25, 0.3) is 11.2 Å². The number of anilines is 1. The van der Waals surface area contributed by atoms with E-state index in [9.17, 15) is 4.79 Å². The van der Waals surface area contributed by atoms with Crippen molar-refractivity contribution in [1.82, 2.24) is 19.9 Å². The first-order valence-corrected chi connectivity index (χ1v) is 11.7. The van der Waals surface area contributed by atoms with Gasteiger partial charge in [0.25, 0.3) is 0 Å². The number of likely N-dealkylation sites (tertiary alicyclic amines) is 1. The lowest BCUT2D eigenvalue weighted by Gasteiger charge is -2.34. The van der Waals surface area contributed by atoms with Crippen molar-refractivity contribution < 1.29 is 4.79 Å². The van der Waals surface area contributed by atoms with Gasteiger partial charge in [-0.05, 0) is 55.7 Å². The quantitative estimate of drug-likeness (QED) is 0.698. The summed E-state index contributed by atoms with van der Waals surface area (Å²) in [4.78, 5) is 30.5. The average molecular weight is 416 g/mol. The highest BCUT2D eigenvalue weighted by Gasteiger charge is 2.41. The highest BCUT2D eigenvalue weighted by atomic mass is 16.2. The number of hydrogen-bond acceptors (Lipinski definition) is 4. The molecule has 160 valence electrons. The molecule has 3 aromatic rings. The summed E-state index contributed by atoms with van der Waals surface area (Å²) in [5.41, 5.74) is 3.18. The van der Waals surface area contributed by atoms with Crippen LogP contribution < -0.4 is 4.90 Å². The molecule has 2 aromatic heterocycles. The van der Waals surface area contributed by atoms with Gasteiger partial charge in [0.1, 0.15) is 17.2 Å². The van der Waals surface area contributed by atoms with Gasteiger partial charge in [-0.15, -0.1) is 0 Å². The number of nitrogens with zero attached hydrogens (tertiary/aromatic N) is 4. The summed E-state index contributed by atoms with van der Waals surface area (Å²) < 4.78 is 0. The zero-order valence-electron chi connectivity index (χ0n) is 17.8. The van der Waals surface area contributed by atoms with Gasteiger partial charge in [-0.1, -0.05) is 30.3 Å². The molecule has 6 heteroatoms. The van der Waals surface area contributed by atoms with E-state index in [0.717, 1.165) is 81.1 Å². The maximum absolute atomic E-state index is 12.9. The van der Waals surface area contributed by atoms with Gasteiger partial charge in [0.2, 0.25) is 5.91 Å². The Balaban J connectivity index is 1.18. The third kappa shape index (κ3) is 3.58. The summed E-state index contributed by atoms with van der Waals surface area (Å²) in [6.45, 7) is 3.60. The van der Waals surface area contributed by atoms with Gasteiger partial charge in [0.05, 0.1) is 5.92 Å². The Kier molecular flexibility index (Phi) is 4.66. The molecular formula is C25H29N5O. The Morgan fingerprint density at radius 3 is 2.61 bits per heavy atom. The summed E-state index contributed by atoms with van der Waals surface area (Å²) in [5, 5.41) is 0. The minimum atomic E-state index is 0.0970. The highest BCUT2D eigenvalue weighted by Crippen LogP contribution is 2.53. The lowest BCUT2D eigenvalue weighted by Crippen LogP contribution is -2.44. The van der Waals surface area contributed by atoms with E-state index < -0.39 is 0 Å². The third-order valence-electron chi connectivity index (χ3n) is 7.23. The molecule has 2 saturated heterocycles. The van der Waals surface area contributed by atoms with Crippen LogP contribution in [0.1, 0.15) is 55.3 Å². The molecule has 31 heavy (non-hydrogen) atoms. The van der Waals surface area contributed by atoms with E-state index in [1.54, 1.807) is 0 Å². The second-order valence-corrected chi connectivity index (χ2v) is 9.34. The summed E-state index contributed by atoms with van der Waals surface area (Å²) >= 11 is 0. The van der Waals surface area contributed by atoms with Crippen molar-refractivity contribution in [2.45, 2.75) is 43.9 Å². The predicted molar refractivity (Wildman–Crippen MR) is 121 cm³/mol. The third-order valence-corrected chi connectivity index (χ3v) is 7.23. The lowest BCUT2D eigenvalue weighted by atomic mass is 9.96. The number of H-pyrrole nitrogens is 1.